The van der Waals surface area contributed by atoms with Crippen molar-refractivity contribution in [3.63, 3.8) is 0 Å². The second-order valence-corrected chi connectivity index (χ2v) is 11.1. The van der Waals surface area contributed by atoms with Crippen molar-refractivity contribution in [3.05, 3.63) is 30.1 Å². The summed E-state index contributed by atoms with van der Waals surface area (Å²) in [6, 6.07) is 3.32. The topological polar surface area (TPSA) is 119 Å². The van der Waals surface area contributed by atoms with Crippen LogP contribution in [0.15, 0.2) is 24.5 Å². The molecule has 0 spiro atoms. The van der Waals surface area contributed by atoms with Gasteiger partial charge in [0.05, 0.1) is 12.6 Å². The first-order chi connectivity index (χ1) is 14.8. The van der Waals surface area contributed by atoms with Gasteiger partial charge >= 0.3 is 6.03 Å². The maximum Gasteiger partial charge on any atom is 0.317 e. The fourth-order valence-electron chi connectivity index (χ4n) is 4.41. The number of piperidine rings is 1. The lowest BCUT2D eigenvalue weighted by molar-refractivity contribution is 0.148. The van der Waals surface area contributed by atoms with Crippen molar-refractivity contribution < 1.29 is 18.3 Å². The zero-order valence-electron chi connectivity index (χ0n) is 18.0. The van der Waals surface area contributed by atoms with Crippen LogP contribution in [-0.2, 0) is 10.0 Å². The highest BCUT2D eigenvalue weighted by atomic mass is 32.2. The minimum Gasteiger partial charge on any atom is -0.394 e. The van der Waals surface area contributed by atoms with Gasteiger partial charge in [-0.3, -0.25) is 0 Å². The molecule has 2 saturated heterocycles. The number of amides is 2. The van der Waals surface area contributed by atoms with Gasteiger partial charge in [-0.25, -0.2) is 22.5 Å². The highest BCUT2D eigenvalue weighted by molar-refractivity contribution is 7.89. The quantitative estimate of drug-likeness (QED) is 0.617. The lowest BCUT2D eigenvalue weighted by Gasteiger charge is -2.42. The summed E-state index contributed by atoms with van der Waals surface area (Å²) in [7, 11) is -3.43. The number of rotatable bonds is 6. The molecule has 0 unspecified atom stereocenters. The Hall–Kier alpha value is -2.17. The van der Waals surface area contributed by atoms with Gasteiger partial charge < -0.3 is 20.3 Å². The van der Waals surface area contributed by atoms with Crippen molar-refractivity contribution in [1.82, 2.24) is 24.5 Å². The number of aromatic amines is 1. The highest BCUT2D eigenvalue weighted by Gasteiger charge is 2.44. The first-order valence-electron chi connectivity index (χ1n) is 10.9. The van der Waals surface area contributed by atoms with E-state index in [1.54, 1.807) is 10.5 Å². The number of pyridine rings is 1. The molecular weight excluding hydrogens is 418 g/mol. The van der Waals surface area contributed by atoms with Crippen LogP contribution in [0, 0.1) is 5.92 Å². The molecule has 170 valence electrons. The Morgan fingerprint density at radius 2 is 2.03 bits per heavy atom. The fourth-order valence-corrected chi connectivity index (χ4v) is 6.29. The number of hydrogen-bond donors (Lipinski definition) is 3. The van der Waals surface area contributed by atoms with Gasteiger partial charge in [0.25, 0.3) is 0 Å². The molecule has 2 aliphatic heterocycles. The predicted octanol–water partition coefficient (Wildman–Crippen LogP) is 1.48. The second-order valence-electron chi connectivity index (χ2n) is 8.87. The lowest BCUT2D eigenvalue weighted by atomic mass is 9.90. The molecule has 9 nitrogen and oxygen atoms in total. The van der Waals surface area contributed by atoms with Crippen molar-refractivity contribution in [2.24, 2.45) is 5.92 Å². The summed E-state index contributed by atoms with van der Waals surface area (Å²) in [6.45, 7) is 5.06. The molecule has 0 saturated carbocycles. The van der Waals surface area contributed by atoms with E-state index in [9.17, 15) is 18.3 Å². The number of hydrogen-bond acceptors (Lipinski definition) is 5. The molecular formula is C21H31N5O4S. The van der Waals surface area contributed by atoms with E-state index in [0.717, 1.165) is 23.9 Å². The van der Waals surface area contributed by atoms with E-state index in [1.165, 1.54) is 10.5 Å². The van der Waals surface area contributed by atoms with Crippen LogP contribution in [0.2, 0.25) is 0 Å². The van der Waals surface area contributed by atoms with E-state index in [2.05, 4.69) is 15.3 Å². The average molecular weight is 450 g/mol. The summed E-state index contributed by atoms with van der Waals surface area (Å²) in [5.74, 6) is 0.406. The van der Waals surface area contributed by atoms with Gasteiger partial charge in [0.15, 0.2) is 0 Å². The molecule has 2 fully saturated rings. The number of likely N-dealkylation sites (tertiary alicyclic amines) is 1. The number of fused-ring (bicyclic) bond motifs is 1. The normalized spacial score (nSPS) is 20.2. The van der Waals surface area contributed by atoms with E-state index in [-0.39, 0.29) is 37.7 Å². The summed E-state index contributed by atoms with van der Waals surface area (Å²) in [6.07, 6.45) is 5.29. The Kier molecular flexibility index (Phi) is 6.23. The van der Waals surface area contributed by atoms with Crippen LogP contribution in [0.5, 0.6) is 0 Å². The first-order valence-corrected chi connectivity index (χ1v) is 12.4. The van der Waals surface area contributed by atoms with Crippen LogP contribution in [0.1, 0.15) is 38.2 Å². The SMILES string of the molecule is CC(C)[C@@H](CO)NC(=O)N1CC(S(=O)(=O)N2CCC(c3c[nH]c4ncccc34)CC2)C1. The largest absolute Gasteiger partial charge is 0.394 e. The molecule has 31 heavy (non-hydrogen) atoms. The van der Waals surface area contributed by atoms with E-state index in [0.29, 0.717) is 19.0 Å². The number of aliphatic hydroxyl groups excluding tert-OH is 1. The zero-order chi connectivity index (χ0) is 22.2. The van der Waals surface area contributed by atoms with Gasteiger partial charge in [-0.2, -0.15) is 0 Å². The summed E-state index contributed by atoms with van der Waals surface area (Å²) in [4.78, 5) is 21.4. The molecule has 2 aromatic heterocycles. The fraction of sp³-hybridized carbons (Fsp3) is 0.619. The van der Waals surface area contributed by atoms with E-state index in [4.69, 9.17) is 0 Å². The Morgan fingerprint density at radius 1 is 1.32 bits per heavy atom. The molecule has 1 atom stereocenters. The molecule has 0 radical (unpaired) electrons. The molecule has 2 amide bonds. The number of H-pyrrole nitrogens is 1. The van der Waals surface area contributed by atoms with Crippen molar-refractivity contribution in [2.45, 2.75) is 43.9 Å². The van der Waals surface area contributed by atoms with Crippen LogP contribution < -0.4 is 5.32 Å². The number of carbonyl (C=O) groups excluding carboxylic acids is 1. The van der Waals surface area contributed by atoms with E-state index >= 15 is 0 Å². The predicted molar refractivity (Wildman–Crippen MR) is 118 cm³/mol. The van der Waals surface area contributed by atoms with Gasteiger partial charge in [0, 0.05) is 44.0 Å². The van der Waals surface area contributed by atoms with Crippen molar-refractivity contribution in [2.75, 3.05) is 32.8 Å². The third-order valence-corrected chi connectivity index (χ3v) is 8.83. The number of sulfonamides is 1. The van der Waals surface area contributed by atoms with Crippen molar-refractivity contribution >= 4 is 27.1 Å². The van der Waals surface area contributed by atoms with Crippen molar-refractivity contribution in [3.8, 4) is 0 Å². The molecule has 3 N–H and O–H groups in total. The Balaban J connectivity index is 1.31. The number of aromatic nitrogens is 2. The summed E-state index contributed by atoms with van der Waals surface area (Å²) >= 11 is 0. The van der Waals surface area contributed by atoms with E-state index in [1.807, 2.05) is 32.2 Å². The number of carbonyl (C=O) groups is 1. The minimum atomic E-state index is -3.43. The number of nitrogens with one attached hydrogen (secondary N) is 2. The highest BCUT2D eigenvalue weighted by Crippen LogP contribution is 2.34. The number of aliphatic hydroxyl groups is 1. The van der Waals surface area contributed by atoms with Crippen molar-refractivity contribution in [1.29, 1.82) is 0 Å². The monoisotopic (exact) mass is 449 g/mol. The maximum absolute atomic E-state index is 13.0. The number of nitrogens with zero attached hydrogens (tertiary/aromatic N) is 3. The van der Waals surface area contributed by atoms with Crippen LogP contribution >= 0.6 is 0 Å². The van der Waals surface area contributed by atoms with Crippen LogP contribution in [0.4, 0.5) is 4.79 Å². The molecule has 0 aromatic carbocycles. The zero-order valence-corrected chi connectivity index (χ0v) is 18.8. The lowest BCUT2D eigenvalue weighted by Crippen LogP contribution is -2.63. The Morgan fingerprint density at radius 3 is 2.68 bits per heavy atom. The van der Waals surface area contributed by atoms with Gasteiger partial charge in [-0.05, 0) is 42.4 Å². The molecule has 0 bridgehead atoms. The van der Waals surface area contributed by atoms with Gasteiger partial charge in [-0.1, -0.05) is 13.8 Å². The number of urea groups is 1. The Labute approximate surface area is 182 Å². The van der Waals surface area contributed by atoms with Crippen LogP contribution in [-0.4, -0.2) is 82.8 Å². The molecule has 4 rings (SSSR count). The summed E-state index contributed by atoms with van der Waals surface area (Å²) in [5.41, 5.74) is 2.07. The third kappa shape index (κ3) is 4.28. The first kappa shape index (κ1) is 22.0. The molecule has 4 heterocycles. The summed E-state index contributed by atoms with van der Waals surface area (Å²) in [5, 5.41) is 12.7. The van der Waals surface area contributed by atoms with Gasteiger partial charge in [0.1, 0.15) is 10.9 Å². The van der Waals surface area contributed by atoms with Crippen LogP contribution in [0.3, 0.4) is 0 Å². The molecule has 10 heteroatoms. The Bertz CT molecular complexity index is 1020. The standard InChI is InChI=1S/C21H31N5O4S/c1-14(2)19(13-27)24-21(28)25-11-16(12-25)31(29,30)26-8-5-15(6-9-26)18-10-23-20-17(18)4-3-7-22-20/h3-4,7,10,14-16,19,27H,5-6,8-9,11-13H2,1-2H3,(H,22,23)(H,24,28)/t19-/m1/s1. The maximum atomic E-state index is 13.0. The van der Waals surface area contributed by atoms with Gasteiger partial charge in [-0.15, -0.1) is 0 Å². The molecule has 2 aromatic rings. The third-order valence-electron chi connectivity index (χ3n) is 6.60. The smallest absolute Gasteiger partial charge is 0.317 e. The second kappa shape index (κ2) is 8.76. The van der Waals surface area contributed by atoms with E-state index < -0.39 is 15.3 Å². The van der Waals surface area contributed by atoms with Crippen LogP contribution in [0.25, 0.3) is 11.0 Å². The minimum absolute atomic E-state index is 0.101. The molecule has 0 aliphatic carbocycles. The molecule has 2 aliphatic rings. The summed E-state index contributed by atoms with van der Waals surface area (Å²) < 4.78 is 27.7. The van der Waals surface area contributed by atoms with Gasteiger partial charge in [0.2, 0.25) is 10.0 Å². The average Bonchev–Trinajstić information content (AvgIpc) is 3.14.